The molecule has 1 saturated carbocycles. The Bertz CT molecular complexity index is 557. The number of imidazole rings is 1. The molecule has 0 amide bonds. The molecular weight excluding hydrogens is 236 g/mol. The van der Waals surface area contributed by atoms with Crippen LogP contribution in [0, 0.1) is 0 Å². The van der Waals surface area contributed by atoms with E-state index in [-0.39, 0.29) is 6.04 Å². The average Bonchev–Trinajstić information content (AvgIpc) is 2.75. The number of nitrogens with two attached hydrogens (primary N) is 1. The highest BCUT2D eigenvalue weighted by atomic mass is 15.2. The fourth-order valence-corrected chi connectivity index (χ4v) is 2.67. The molecule has 1 aliphatic rings. The van der Waals surface area contributed by atoms with Crippen LogP contribution in [-0.4, -0.2) is 9.55 Å². The first-order valence-electron chi connectivity index (χ1n) is 6.82. The van der Waals surface area contributed by atoms with Gasteiger partial charge in [0.05, 0.1) is 18.1 Å². The zero-order chi connectivity index (χ0) is 13.2. The van der Waals surface area contributed by atoms with E-state index in [9.17, 15) is 0 Å². The first-order chi connectivity index (χ1) is 9.28. The van der Waals surface area contributed by atoms with Crippen LogP contribution in [0.5, 0.6) is 0 Å². The van der Waals surface area contributed by atoms with Crippen LogP contribution in [-0.2, 0) is 7.05 Å². The molecule has 100 valence electrons. The fraction of sp³-hybridized carbons (Fsp3) is 0.400. The number of rotatable bonds is 4. The molecule has 1 heterocycles. The lowest BCUT2D eigenvalue weighted by Gasteiger charge is -2.26. The van der Waals surface area contributed by atoms with Crippen LogP contribution in [0.3, 0.4) is 0 Å². The Morgan fingerprint density at radius 1 is 1.42 bits per heavy atom. The normalized spacial score (nSPS) is 17.2. The van der Waals surface area contributed by atoms with Gasteiger partial charge in [-0.2, -0.15) is 0 Å². The van der Waals surface area contributed by atoms with Gasteiger partial charge in [-0.25, -0.2) is 10.4 Å². The van der Waals surface area contributed by atoms with E-state index in [0.29, 0.717) is 0 Å². The van der Waals surface area contributed by atoms with Crippen molar-refractivity contribution in [3.63, 3.8) is 0 Å². The number of hydrogen-bond acceptors (Lipinski definition) is 3. The third kappa shape index (κ3) is 2.41. The third-order valence-corrected chi connectivity index (χ3v) is 4.01. The van der Waals surface area contributed by atoms with Crippen molar-refractivity contribution < 1.29 is 0 Å². The molecule has 1 atom stereocenters. The minimum absolute atomic E-state index is 0.0405. The molecule has 0 spiro atoms. The van der Waals surface area contributed by atoms with Crippen LogP contribution >= 0.6 is 0 Å². The van der Waals surface area contributed by atoms with Gasteiger partial charge in [0.2, 0.25) is 0 Å². The second kappa shape index (κ2) is 5.15. The summed E-state index contributed by atoms with van der Waals surface area (Å²) >= 11 is 0. The van der Waals surface area contributed by atoms with Crippen LogP contribution < -0.4 is 11.3 Å². The lowest BCUT2D eigenvalue weighted by Crippen LogP contribution is -2.29. The second-order valence-corrected chi connectivity index (χ2v) is 5.36. The second-order valence-electron chi connectivity index (χ2n) is 5.36. The lowest BCUT2D eigenvalue weighted by molar-refractivity contribution is 0.419. The standard InChI is InChI=1S/C15H20N4/c1-19-9-14(17-10-19)15(18-16)13-7-3-6-12(8-13)11-4-2-5-11/h3,6-11,15,18H,2,4-5,16H2,1H3. The van der Waals surface area contributed by atoms with E-state index in [1.807, 2.05) is 17.8 Å². The van der Waals surface area contributed by atoms with Gasteiger partial charge in [-0.3, -0.25) is 5.84 Å². The Morgan fingerprint density at radius 3 is 2.84 bits per heavy atom. The molecule has 1 fully saturated rings. The summed E-state index contributed by atoms with van der Waals surface area (Å²) in [5.74, 6) is 6.46. The van der Waals surface area contributed by atoms with E-state index in [4.69, 9.17) is 5.84 Å². The zero-order valence-electron chi connectivity index (χ0n) is 11.2. The SMILES string of the molecule is Cn1cnc(C(NN)c2cccc(C3CCC3)c2)c1. The van der Waals surface area contributed by atoms with Gasteiger partial charge in [-0.1, -0.05) is 30.7 Å². The van der Waals surface area contributed by atoms with Crippen LogP contribution in [0.25, 0.3) is 0 Å². The maximum absolute atomic E-state index is 5.72. The molecule has 1 aromatic carbocycles. The van der Waals surface area contributed by atoms with Crippen molar-refractivity contribution in [1.29, 1.82) is 0 Å². The molecule has 3 rings (SSSR count). The Hall–Kier alpha value is -1.65. The molecule has 3 N–H and O–H groups in total. The Labute approximate surface area is 113 Å². The van der Waals surface area contributed by atoms with Gasteiger partial charge in [-0.05, 0) is 29.9 Å². The molecule has 0 saturated heterocycles. The minimum Gasteiger partial charge on any atom is -0.340 e. The van der Waals surface area contributed by atoms with E-state index in [0.717, 1.165) is 11.6 Å². The molecule has 0 bridgehead atoms. The summed E-state index contributed by atoms with van der Waals surface area (Å²) < 4.78 is 1.94. The molecule has 4 heteroatoms. The van der Waals surface area contributed by atoms with Gasteiger partial charge >= 0.3 is 0 Å². The first-order valence-corrected chi connectivity index (χ1v) is 6.82. The van der Waals surface area contributed by atoms with Crippen molar-refractivity contribution in [2.75, 3.05) is 0 Å². The fourth-order valence-electron chi connectivity index (χ4n) is 2.67. The lowest BCUT2D eigenvalue weighted by atomic mass is 9.79. The molecule has 0 aliphatic heterocycles. The zero-order valence-corrected chi connectivity index (χ0v) is 11.2. The molecule has 4 nitrogen and oxygen atoms in total. The summed E-state index contributed by atoms with van der Waals surface area (Å²) in [6.07, 6.45) is 7.78. The molecule has 1 aliphatic carbocycles. The van der Waals surface area contributed by atoms with E-state index < -0.39 is 0 Å². The maximum Gasteiger partial charge on any atom is 0.0947 e. The van der Waals surface area contributed by atoms with Gasteiger partial charge in [0, 0.05) is 13.2 Å². The molecule has 1 aromatic heterocycles. The molecular formula is C15H20N4. The Kier molecular flexibility index (Phi) is 3.36. The molecule has 0 radical (unpaired) electrons. The van der Waals surface area contributed by atoms with Crippen molar-refractivity contribution in [3.05, 3.63) is 53.6 Å². The highest BCUT2D eigenvalue weighted by molar-refractivity contribution is 5.33. The van der Waals surface area contributed by atoms with Crippen molar-refractivity contribution in [2.45, 2.75) is 31.2 Å². The maximum atomic E-state index is 5.72. The number of hydrogen-bond donors (Lipinski definition) is 2. The van der Waals surface area contributed by atoms with Crippen LogP contribution in [0.1, 0.15) is 48.0 Å². The average molecular weight is 256 g/mol. The molecule has 1 unspecified atom stereocenters. The van der Waals surface area contributed by atoms with E-state index in [1.165, 1.54) is 30.4 Å². The summed E-state index contributed by atoms with van der Waals surface area (Å²) in [7, 11) is 1.97. The number of benzene rings is 1. The van der Waals surface area contributed by atoms with Gasteiger partial charge in [0.15, 0.2) is 0 Å². The monoisotopic (exact) mass is 256 g/mol. The number of nitrogens with one attached hydrogen (secondary N) is 1. The number of nitrogens with zero attached hydrogens (tertiary/aromatic N) is 2. The highest BCUT2D eigenvalue weighted by Crippen LogP contribution is 2.37. The van der Waals surface area contributed by atoms with Crippen molar-refractivity contribution in [1.82, 2.24) is 15.0 Å². The highest BCUT2D eigenvalue weighted by Gasteiger charge is 2.21. The minimum atomic E-state index is -0.0405. The third-order valence-electron chi connectivity index (χ3n) is 4.01. The summed E-state index contributed by atoms with van der Waals surface area (Å²) in [5, 5.41) is 0. The van der Waals surface area contributed by atoms with Gasteiger partial charge in [-0.15, -0.1) is 0 Å². The molecule has 2 aromatic rings. The Morgan fingerprint density at radius 2 is 2.26 bits per heavy atom. The van der Waals surface area contributed by atoms with E-state index in [2.05, 4.69) is 34.7 Å². The van der Waals surface area contributed by atoms with Crippen molar-refractivity contribution in [3.8, 4) is 0 Å². The van der Waals surface area contributed by atoms with Gasteiger partial charge in [0.1, 0.15) is 0 Å². The van der Waals surface area contributed by atoms with E-state index in [1.54, 1.807) is 6.33 Å². The number of hydrazine groups is 1. The topological polar surface area (TPSA) is 55.9 Å². The van der Waals surface area contributed by atoms with Gasteiger partial charge < -0.3 is 4.57 Å². The predicted molar refractivity (Wildman–Crippen MR) is 75.4 cm³/mol. The summed E-state index contributed by atoms with van der Waals surface area (Å²) in [6, 6.07) is 8.68. The van der Waals surface area contributed by atoms with Crippen molar-refractivity contribution in [2.24, 2.45) is 12.9 Å². The Balaban J connectivity index is 1.90. The van der Waals surface area contributed by atoms with Crippen molar-refractivity contribution >= 4 is 0 Å². The van der Waals surface area contributed by atoms with Crippen LogP contribution in [0.4, 0.5) is 0 Å². The number of aromatic nitrogens is 2. The quantitative estimate of drug-likeness (QED) is 0.651. The predicted octanol–water partition coefficient (Wildman–Crippen LogP) is 2.24. The number of aryl methyl sites for hydroxylation is 1. The van der Waals surface area contributed by atoms with E-state index >= 15 is 0 Å². The van der Waals surface area contributed by atoms with Crippen LogP contribution in [0.2, 0.25) is 0 Å². The van der Waals surface area contributed by atoms with Gasteiger partial charge in [0.25, 0.3) is 0 Å². The summed E-state index contributed by atoms with van der Waals surface area (Å²) in [4.78, 5) is 4.39. The first kappa shape index (κ1) is 12.4. The smallest absolute Gasteiger partial charge is 0.0947 e. The van der Waals surface area contributed by atoms with Crippen LogP contribution in [0.15, 0.2) is 36.8 Å². The largest absolute Gasteiger partial charge is 0.340 e. The summed E-state index contributed by atoms with van der Waals surface area (Å²) in [6.45, 7) is 0. The summed E-state index contributed by atoms with van der Waals surface area (Å²) in [5.41, 5.74) is 6.44. The molecule has 19 heavy (non-hydrogen) atoms.